The third-order valence-corrected chi connectivity index (χ3v) is 4.87. The number of aliphatic carboxylic acids is 1. The summed E-state index contributed by atoms with van der Waals surface area (Å²) in [5, 5.41) is 9.54. The number of carboxylic acid groups (broad SMARTS) is 1. The van der Waals surface area contributed by atoms with Crippen LogP contribution >= 0.6 is 0 Å². The Balaban J connectivity index is 2.24. The zero-order chi connectivity index (χ0) is 17.4. The minimum atomic E-state index is -0.842. The Labute approximate surface area is 142 Å². The summed E-state index contributed by atoms with van der Waals surface area (Å²) in [6.45, 7) is 6.36. The molecule has 0 radical (unpaired) electrons. The Kier molecular flexibility index (Phi) is 4.22. The molecule has 0 bridgehead atoms. The zero-order valence-electron chi connectivity index (χ0n) is 14.3. The minimum Gasteiger partial charge on any atom is -0.493 e. The molecule has 0 fully saturated rings. The lowest BCUT2D eigenvalue weighted by Crippen LogP contribution is -2.13. The van der Waals surface area contributed by atoms with Crippen LogP contribution in [0.1, 0.15) is 41.5 Å². The third-order valence-electron chi connectivity index (χ3n) is 4.87. The van der Waals surface area contributed by atoms with E-state index in [0.29, 0.717) is 5.69 Å². The normalized spacial score (nSPS) is 14.6. The summed E-state index contributed by atoms with van der Waals surface area (Å²) in [4.78, 5) is 11.6. The summed E-state index contributed by atoms with van der Waals surface area (Å²) < 4.78 is 5.69. The molecule has 0 amide bonds. The number of carbonyl (C=O) groups is 1. The van der Waals surface area contributed by atoms with E-state index in [1.807, 2.05) is 32.0 Å². The van der Waals surface area contributed by atoms with Gasteiger partial charge in [-0.2, -0.15) is 0 Å². The van der Waals surface area contributed by atoms with Gasteiger partial charge in [0, 0.05) is 5.69 Å². The summed E-state index contributed by atoms with van der Waals surface area (Å²) >= 11 is 0. The Morgan fingerprint density at radius 1 is 1.29 bits per heavy atom. The Morgan fingerprint density at radius 3 is 2.75 bits per heavy atom. The number of anilines is 1. The predicted octanol–water partition coefficient (Wildman–Crippen LogP) is 4.07. The quantitative estimate of drug-likeness (QED) is 0.835. The largest absolute Gasteiger partial charge is 0.493 e. The van der Waals surface area contributed by atoms with Crippen molar-refractivity contribution in [3.63, 3.8) is 0 Å². The first kappa shape index (κ1) is 16.4. The number of hydrogen-bond acceptors (Lipinski definition) is 3. The number of hydrogen-bond donors (Lipinski definition) is 2. The van der Waals surface area contributed by atoms with E-state index in [-0.39, 0.29) is 0 Å². The molecule has 1 aliphatic rings. The first-order valence-electron chi connectivity index (χ1n) is 8.28. The number of aryl methyl sites for hydroxylation is 2. The maximum Gasteiger partial charge on any atom is 0.310 e. The lowest BCUT2D eigenvalue weighted by atomic mass is 9.84. The molecule has 2 aromatic rings. The summed E-state index contributed by atoms with van der Waals surface area (Å²) in [7, 11) is 0. The van der Waals surface area contributed by atoms with Gasteiger partial charge in [-0.3, -0.25) is 4.79 Å². The van der Waals surface area contributed by atoms with E-state index in [1.165, 1.54) is 5.56 Å². The van der Waals surface area contributed by atoms with Crippen molar-refractivity contribution in [2.24, 2.45) is 0 Å². The van der Waals surface area contributed by atoms with Gasteiger partial charge >= 0.3 is 5.97 Å². The molecular weight excluding hydrogens is 302 g/mol. The Bertz CT molecular complexity index is 811. The second-order valence-electron chi connectivity index (χ2n) is 6.53. The molecule has 3 rings (SSSR count). The van der Waals surface area contributed by atoms with Gasteiger partial charge in [-0.25, -0.2) is 0 Å². The van der Waals surface area contributed by atoms with Gasteiger partial charge in [-0.15, -0.1) is 0 Å². The van der Waals surface area contributed by atoms with E-state index in [1.54, 1.807) is 6.92 Å². The Morgan fingerprint density at radius 2 is 2.04 bits per heavy atom. The number of nitrogen functional groups attached to an aromatic ring is 1. The van der Waals surface area contributed by atoms with Gasteiger partial charge in [0.05, 0.1) is 12.5 Å². The monoisotopic (exact) mass is 325 g/mol. The van der Waals surface area contributed by atoms with Crippen LogP contribution < -0.4 is 10.5 Å². The van der Waals surface area contributed by atoms with Crippen molar-refractivity contribution in [1.29, 1.82) is 0 Å². The topological polar surface area (TPSA) is 72.6 Å². The van der Waals surface area contributed by atoms with Crippen molar-refractivity contribution < 1.29 is 14.6 Å². The molecule has 0 saturated carbocycles. The molecule has 126 valence electrons. The van der Waals surface area contributed by atoms with Crippen LogP contribution in [-0.2, 0) is 11.2 Å². The summed E-state index contributed by atoms with van der Waals surface area (Å²) in [6, 6.07) is 8.06. The second-order valence-corrected chi connectivity index (χ2v) is 6.53. The lowest BCUT2D eigenvalue weighted by molar-refractivity contribution is -0.138. The van der Waals surface area contributed by atoms with Gasteiger partial charge in [0.25, 0.3) is 0 Å². The van der Waals surface area contributed by atoms with Crippen molar-refractivity contribution >= 4 is 11.7 Å². The molecule has 4 heteroatoms. The van der Waals surface area contributed by atoms with Crippen LogP contribution in [0.3, 0.4) is 0 Å². The van der Waals surface area contributed by atoms with Gasteiger partial charge in [0.2, 0.25) is 0 Å². The molecule has 1 aliphatic heterocycles. The fraction of sp³-hybridized carbons (Fsp3) is 0.350. The average molecular weight is 325 g/mol. The second kappa shape index (κ2) is 6.19. The lowest BCUT2D eigenvalue weighted by Gasteiger charge is -2.23. The molecule has 1 unspecified atom stereocenters. The third kappa shape index (κ3) is 2.73. The van der Waals surface area contributed by atoms with E-state index in [9.17, 15) is 9.90 Å². The highest BCUT2D eigenvalue weighted by Gasteiger charge is 2.24. The van der Waals surface area contributed by atoms with Crippen molar-refractivity contribution in [2.75, 3.05) is 12.3 Å². The van der Waals surface area contributed by atoms with Crippen molar-refractivity contribution in [3.8, 4) is 16.9 Å². The van der Waals surface area contributed by atoms with Gasteiger partial charge in [-0.05, 0) is 85.2 Å². The number of ether oxygens (including phenoxy) is 1. The van der Waals surface area contributed by atoms with Crippen LogP contribution in [0.25, 0.3) is 11.1 Å². The number of fused-ring (bicyclic) bond motifs is 1. The van der Waals surface area contributed by atoms with Crippen LogP contribution in [0.5, 0.6) is 5.75 Å². The number of carboxylic acids is 1. The highest BCUT2D eigenvalue weighted by atomic mass is 16.5. The summed E-state index contributed by atoms with van der Waals surface area (Å²) in [5.74, 6) is -0.525. The summed E-state index contributed by atoms with van der Waals surface area (Å²) in [5.41, 5.74) is 12.6. The summed E-state index contributed by atoms with van der Waals surface area (Å²) in [6.07, 6.45) is 1.99. The molecule has 2 aromatic carbocycles. The smallest absolute Gasteiger partial charge is 0.310 e. The van der Waals surface area contributed by atoms with Crippen molar-refractivity contribution in [2.45, 2.75) is 39.5 Å². The first-order valence-corrected chi connectivity index (χ1v) is 8.28. The van der Waals surface area contributed by atoms with Crippen molar-refractivity contribution in [3.05, 3.63) is 46.5 Å². The maximum absolute atomic E-state index is 11.6. The van der Waals surface area contributed by atoms with Gasteiger partial charge < -0.3 is 15.6 Å². The molecule has 0 spiro atoms. The van der Waals surface area contributed by atoms with Crippen LogP contribution in [0.4, 0.5) is 5.69 Å². The molecule has 0 aliphatic carbocycles. The number of benzene rings is 2. The van der Waals surface area contributed by atoms with Gasteiger partial charge in [-0.1, -0.05) is 6.07 Å². The standard InChI is InChI=1S/C20H23NO3/c1-11-9-16(21)12(2)19(13(3)20(22)23)18(11)15-6-7-17-14(10-15)5-4-8-24-17/h6-7,9-10,13H,4-5,8,21H2,1-3H3,(H,22,23). The number of rotatable bonds is 3. The molecule has 1 atom stereocenters. The molecule has 0 saturated heterocycles. The van der Waals surface area contributed by atoms with Crippen LogP contribution in [-0.4, -0.2) is 17.7 Å². The van der Waals surface area contributed by atoms with E-state index in [2.05, 4.69) is 6.07 Å². The molecular formula is C20H23NO3. The van der Waals surface area contributed by atoms with Crippen molar-refractivity contribution in [1.82, 2.24) is 0 Å². The fourth-order valence-corrected chi connectivity index (χ4v) is 3.53. The molecule has 4 nitrogen and oxygen atoms in total. The molecule has 1 heterocycles. The van der Waals surface area contributed by atoms with Gasteiger partial charge in [0.15, 0.2) is 0 Å². The first-order chi connectivity index (χ1) is 11.4. The van der Waals surface area contributed by atoms with Crippen LogP contribution in [0.2, 0.25) is 0 Å². The Hall–Kier alpha value is -2.49. The fourth-order valence-electron chi connectivity index (χ4n) is 3.53. The van der Waals surface area contributed by atoms with E-state index >= 15 is 0 Å². The number of nitrogens with two attached hydrogens (primary N) is 1. The maximum atomic E-state index is 11.6. The SMILES string of the molecule is Cc1cc(N)c(C)c(C(C)C(=O)O)c1-c1ccc2c(c1)CCCO2. The molecule has 3 N–H and O–H groups in total. The minimum absolute atomic E-state index is 0.616. The van der Waals surface area contributed by atoms with E-state index in [4.69, 9.17) is 10.5 Å². The van der Waals surface area contributed by atoms with E-state index in [0.717, 1.165) is 53.0 Å². The molecule has 24 heavy (non-hydrogen) atoms. The molecule has 0 aromatic heterocycles. The average Bonchev–Trinajstić information content (AvgIpc) is 2.56. The van der Waals surface area contributed by atoms with E-state index < -0.39 is 11.9 Å². The highest BCUT2D eigenvalue weighted by molar-refractivity contribution is 5.85. The predicted molar refractivity (Wildman–Crippen MR) is 95.6 cm³/mol. The van der Waals surface area contributed by atoms with Crippen LogP contribution in [0.15, 0.2) is 24.3 Å². The highest BCUT2D eigenvalue weighted by Crippen LogP contribution is 2.39. The zero-order valence-corrected chi connectivity index (χ0v) is 14.3. The van der Waals surface area contributed by atoms with Gasteiger partial charge in [0.1, 0.15) is 5.75 Å². The van der Waals surface area contributed by atoms with Crippen LogP contribution in [0, 0.1) is 13.8 Å².